The molecule has 6 nitrogen and oxygen atoms in total. The van der Waals surface area contributed by atoms with Gasteiger partial charge in [-0.1, -0.05) is 47.4 Å². The van der Waals surface area contributed by atoms with E-state index in [-0.39, 0.29) is 0 Å². The third-order valence-electron chi connectivity index (χ3n) is 8.19. The van der Waals surface area contributed by atoms with Crippen molar-refractivity contribution in [3.05, 3.63) is 81.4 Å². The number of nitrogens with zero attached hydrogens (tertiary/aromatic N) is 2. The van der Waals surface area contributed by atoms with Gasteiger partial charge in [-0.3, -0.25) is 9.13 Å². The molecule has 5 rings (SSSR count). The van der Waals surface area contributed by atoms with Gasteiger partial charge in [-0.05, 0) is 81.0 Å². The Balaban J connectivity index is 1.39. The lowest BCUT2D eigenvalue weighted by atomic mass is 10.1. The number of aromatic nitrogens is 1. The quantitative estimate of drug-likeness (QED) is 0.126. The van der Waals surface area contributed by atoms with Crippen LogP contribution in [0.4, 0.5) is 5.69 Å². The van der Waals surface area contributed by atoms with E-state index in [9.17, 15) is 9.13 Å². The number of aryl methyl sites for hydroxylation is 1. The summed E-state index contributed by atoms with van der Waals surface area (Å²) in [6, 6.07) is 17.1. The second kappa shape index (κ2) is 14.7. The van der Waals surface area contributed by atoms with E-state index >= 15 is 0 Å². The van der Waals surface area contributed by atoms with Gasteiger partial charge in [0.05, 0.1) is 23.9 Å². The molecule has 3 aromatic rings. The largest absolute Gasteiger partial charge is 0.335 e. The van der Waals surface area contributed by atoms with Gasteiger partial charge in [0.2, 0.25) is 5.52 Å². The predicted molar refractivity (Wildman–Crippen MR) is 189 cm³/mol. The number of thiazole rings is 1. The summed E-state index contributed by atoms with van der Waals surface area (Å²) in [7, 11) is -5.12. The fourth-order valence-electron chi connectivity index (χ4n) is 6.00. The van der Waals surface area contributed by atoms with Crippen LogP contribution in [0, 0.1) is 0 Å². The first-order valence-electron chi connectivity index (χ1n) is 15.6. The van der Waals surface area contributed by atoms with Gasteiger partial charge in [-0.2, -0.15) is 4.57 Å². The van der Waals surface area contributed by atoms with Crippen LogP contribution in [0.2, 0.25) is 0 Å². The van der Waals surface area contributed by atoms with Crippen LogP contribution >= 0.6 is 37.8 Å². The smallest absolute Gasteiger partial charge is 0.263 e. The van der Waals surface area contributed by atoms with Crippen LogP contribution in [0.5, 0.6) is 0 Å². The van der Waals surface area contributed by atoms with Crippen LogP contribution in [0.25, 0.3) is 16.3 Å². The molecule has 0 bridgehead atoms. The van der Waals surface area contributed by atoms with Crippen molar-refractivity contribution < 1.29 is 22.7 Å². The van der Waals surface area contributed by atoms with Gasteiger partial charge in [0.25, 0.3) is 5.01 Å². The van der Waals surface area contributed by atoms with Gasteiger partial charge >= 0.3 is 0 Å². The number of anilines is 1. The molecule has 44 heavy (non-hydrogen) atoms. The van der Waals surface area contributed by atoms with Crippen LogP contribution in [-0.4, -0.2) is 45.4 Å². The fraction of sp³-hybridized carbons (Fsp3) is 0.441. The van der Waals surface area contributed by atoms with Crippen molar-refractivity contribution in [2.75, 3.05) is 50.3 Å². The third-order valence-corrected chi connectivity index (χ3v) is 14.3. The molecule has 0 spiro atoms. The maximum absolute atomic E-state index is 12.7. The SMILES string of the molecule is CCOP(C)(=O)CCCN1C(=CC2=C(C)C(=Cc3sc4ccccc4[n+]3CCCP(C)(=O)OCC)CC2)Sc2ccccc21. The lowest BCUT2D eigenvalue weighted by molar-refractivity contribution is -0.668. The van der Waals surface area contributed by atoms with Gasteiger partial charge in [-0.15, -0.1) is 0 Å². The van der Waals surface area contributed by atoms with Crippen molar-refractivity contribution in [3.63, 3.8) is 0 Å². The summed E-state index contributed by atoms with van der Waals surface area (Å²) in [6.07, 6.45) is 9.57. The first-order chi connectivity index (χ1) is 21.1. The second-order valence-electron chi connectivity index (χ2n) is 11.6. The Labute approximate surface area is 271 Å². The molecular weight excluding hydrogens is 626 g/mol. The average Bonchev–Trinajstić information content (AvgIpc) is 3.62. The van der Waals surface area contributed by atoms with Crippen molar-refractivity contribution in [1.29, 1.82) is 0 Å². The summed E-state index contributed by atoms with van der Waals surface area (Å²) in [6.45, 7) is 12.2. The summed E-state index contributed by atoms with van der Waals surface area (Å²) in [5.74, 6) is 0. The molecule has 0 N–H and O–H groups in total. The summed E-state index contributed by atoms with van der Waals surface area (Å²) in [4.78, 5) is 3.66. The third kappa shape index (κ3) is 8.07. The van der Waals surface area contributed by atoms with E-state index in [1.807, 2.05) is 36.9 Å². The first-order valence-corrected chi connectivity index (χ1v) is 21.8. The number of hydrogen-bond acceptors (Lipinski definition) is 7. The number of allylic oxidation sites excluding steroid dienone is 4. The molecule has 0 radical (unpaired) electrons. The highest BCUT2D eigenvalue weighted by Gasteiger charge is 2.28. The van der Waals surface area contributed by atoms with E-state index in [4.69, 9.17) is 9.05 Å². The van der Waals surface area contributed by atoms with Crippen LogP contribution in [-0.2, 0) is 24.7 Å². The van der Waals surface area contributed by atoms with Crippen molar-refractivity contribution in [3.8, 4) is 0 Å². The van der Waals surface area contributed by atoms with E-state index in [2.05, 4.69) is 77.1 Å². The maximum Gasteiger partial charge on any atom is 0.263 e. The minimum absolute atomic E-state index is 0.487. The monoisotopic (exact) mass is 671 g/mol. The Morgan fingerprint density at radius 3 is 2.34 bits per heavy atom. The normalized spacial score (nSPS) is 19.7. The summed E-state index contributed by atoms with van der Waals surface area (Å²) in [5, 5.41) is 2.47. The number of rotatable bonds is 14. The molecule has 2 heterocycles. The number of hydrogen-bond donors (Lipinski definition) is 0. The molecule has 2 atom stereocenters. The molecule has 2 unspecified atom stereocenters. The highest BCUT2D eigenvalue weighted by atomic mass is 32.2. The standard InChI is InChI=1S/C34H45N2O4P2S2/c1-6-39-41(4,37)22-12-20-35-29-14-8-10-16-31(29)43-33(35)24-27-18-19-28(26(27)3)25-34-36(21-13-23-42(5,38)40-7-2)30-15-9-11-17-32(30)44-34/h8-11,14-17,24-25H,6-7,12-13,18-23H2,1-5H3/q+1. The molecule has 0 amide bonds. The van der Waals surface area contributed by atoms with Gasteiger partial charge in [-0.25, -0.2) is 0 Å². The minimum atomic E-state index is -2.56. The van der Waals surface area contributed by atoms with Crippen LogP contribution in [0.15, 0.2) is 81.3 Å². The molecule has 0 saturated heterocycles. The Hall–Kier alpha value is -1.92. The van der Waals surface area contributed by atoms with Gasteiger partial charge in [0.1, 0.15) is 4.70 Å². The maximum atomic E-state index is 12.7. The molecule has 10 heteroatoms. The summed E-state index contributed by atoms with van der Waals surface area (Å²) >= 11 is 3.65. The fourth-order valence-corrected chi connectivity index (χ4v) is 11.1. The number of fused-ring (bicyclic) bond motifs is 2. The van der Waals surface area contributed by atoms with Gasteiger partial charge in [0, 0.05) is 55.7 Å². The molecular formula is C34H45N2O4P2S2+. The molecule has 1 aliphatic heterocycles. The lowest BCUT2D eigenvalue weighted by Crippen LogP contribution is -2.35. The van der Waals surface area contributed by atoms with Crippen molar-refractivity contribution in [2.45, 2.75) is 57.9 Å². The van der Waals surface area contributed by atoms with Crippen molar-refractivity contribution in [1.82, 2.24) is 0 Å². The molecule has 0 saturated carbocycles. The highest BCUT2D eigenvalue weighted by Crippen LogP contribution is 2.49. The van der Waals surface area contributed by atoms with Crippen LogP contribution < -0.4 is 9.47 Å². The molecule has 1 aliphatic carbocycles. The van der Waals surface area contributed by atoms with E-state index in [0.717, 1.165) is 38.8 Å². The number of para-hydroxylation sites is 2. The van der Waals surface area contributed by atoms with E-state index in [1.54, 1.807) is 13.3 Å². The lowest BCUT2D eigenvalue weighted by Gasteiger charge is -2.22. The zero-order valence-electron chi connectivity index (χ0n) is 26.6. The zero-order valence-corrected chi connectivity index (χ0v) is 30.0. The molecule has 1 aromatic heterocycles. The Morgan fingerprint density at radius 1 is 0.909 bits per heavy atom. The number of benzene rings is 2. The zero-order chi connectivity index (χ0) is 31.3. The summed E-state index contributed by atoms with van der Waals surface area (Å²) < 4.78 is 40.2. The average molecular weight is 672 g/mol. The highest BCUT2D eigenvalue weighted by molar-refractivity contribution is 8.03. The van der Waals surface area contributed by atoms with E-state index in [1.165, 1.54) is 47.6 Å². The second-order valence-corrected chi connectivity index (χ2v) is 19.2. The Kier molecular flexibility index (Phi) is 11.1. The first kappa shape index (κ1) is 33.4. The van der Waals surface area contributed by atoms with Gasteiger partial charge in [0.15, 0.2) is 21.3 Å². The molecule has 0 fully saturated rings. The minimum Gasteiger partial charge on any atom is -0.335 e. The topological polar surface area (TPSA) is 59.7 Å². The molecule has 2 aliphatic rings. The van der Waals surface area contributed by atoms with Crippen LogP contribution in [0.3, 0.4) is 0 Å². The van der Waals surface area contributed by atoms with Gasteiger partial charge < -0.3 is 13.9 Å². The Morgan fingerprint density at radius 2 is 1.59 bits per heavy atom. The van der Waals surface area contributed by atoms with Crippen LogP contribution in [0.1, 0.15) is 51.5 Å². The Bertz CT molecular complexity index is 1690. The van der Waals surface area contributed by atoms with E-state index < -0.39 is 14.7 Å². The molecule has 2 aromatic carbocycles. The molecule has 236 valence electrons. The van der Waals surface area contributed by atoms with Crippen molar-refractivity contribution in [2.24, 2.45) is 0 Å². The van der Waals surface area contributed by atoms with E-state index in [0.29, 0.717) is 25.5 Å². The van der Waals surface area contributed by atoms with Crippen molar-refractivity contribution >= 4 is 59.8 Å². The predicted octanol–water partition coefficient (Wildman–Crippen LogP) is 9.81. The number of thioether (sulfide) groups is 1. The summed E-state index contributed by atoms with van der Waals surface area (Å²) in [5.41, 5.74) is 6.56.